The third-order valence-corrected chi connectivity index (χ3v) is 16.0. The van der Waals surface area contributed by atoms with E-state index in [9.17, 15) is 0 Å². The van der Waals surface area contributed by atoms with Crippen LogP contribution in [0.4, 0.5) is 17.1 Å². The van der Waals surface area contributed by atoms with Crippen molar-refractivity contribution in [2.75, 3.05) is 4.90 Å². The van der Waals surface area contributed by atoms with E-state index in [1.54, 1.807) is 0 Å². The van der Waals surface area contributed by atoms with E-state index < -0.39 is 5.41 Å². The standard InChI is InChI=1S/C63H51NS/c1-61(2)38-39-62(3,4)59-49(28-18-31-54(59)61)52-40-51-47-26-14-16-30-53(47)63(44-22-10-6-11-23-44,45-24-12-7-13-25-45)55(51)41-57(52)64(46-36-34-43(35-37-46)42-20-8-5-9-21-42)56-32-19-29-50-48-27-15-17-33-58(48)65-60(50)56/h5-37,40-41H,38-39H2,1-4H3. The van der Waals surface area contributed by atoms with E-state index in [0.717, 1.165) is 18.5 Å². The second-order valence-corrected chi connectivity index (χ2v) is 20.5. The molecule has 10 aromatic rings. The summed E-state index contributed by atoms with van der Waals surface area (Å²) in [5.74, 6) is 0. The normalized spacial score (nSPS) is 15.3. The van der Waals surface area contributed by atoms with Crippen molar-refractivity contribution in [1.29, 1.82) is 0 Å². The molecule has 2 aliphatic carbocycles. The minimum Gasteiger partial charge on any atom is -0.308 e. The lowest BCUT2D eigenvalue weighted by molar-refractivity contribution is 0.333. The summed E-state index contributed by atoms with van der Waals surface area (Å²) in [5, 5.41) is 2.58. The highest BCUT2D eigenvalue weighted by Crippen LogP contribution is 2.60. The van der Waals surface area contributed by atoms with Crippen molar-refractivity contribution >= 4 is 48.6 Å². The SMILES string of the molecule is CC1(C)CCC(C)(C)c2c(-c3cc4c(cc3N(c3ccc(-c5ccccc5)cc3)c3cccc5c3sc3ccccc35)C(c3ccccc3)(c3ccccc3)c3ccccc3-4)cccc21. The lowest BCUT2D eigenvalue weighted by atomic mass is 9.61. The van der Waals surface area contributed by atoms with Crippen molar-refractivity contribution in [2.45, 2.75) is 56.8 Å². The largest absolute Gasteiger partial charge is 0.308 e. The van der Waals surface area contributed by atoms with Crippen LogP contribution in [-0.4, -0.2) is 0 Å². The summed E-state index contributed by atoms with van der Waals surface area (Å²) in [6.07, 6.45) is 2.29. The molecule has 0 fully saturated rings. The van der Waals surface area contributed by atoms with Gasteiger partial charge in [0.25, 0.3) is 0 Å². The van der Waals surface area contributed by atoms with Crippen LogP contribution in [0.25, 0.3) is 53.6 Å². The molecule has 1 nitrogen and oxygen atoms in total. The zero-order valence-corrected chi connectivity index (χ0v) is 38.3. The predicted molar refractivity (Wildman–Crippen MR) is 277 cm³/mol. The molecule has 2 heteroatoms. The number of benzene rings is 9. The molecule has 0 saturated carbocycles. The fourth-order valence-electron chi connectivity index (χ4n) is 11.6. The zero-order valence-electron chi connectivity index (χ0n) is 37.5. The number of hydrogen-bond acceptors (Lipinski definition) is 2. The molecule has 0 N–H and O–H groups in total. The van der Waals surface area contributed by atoms with Gasteiger partial charge in [-0.15, -0.1) is 11.3 Å². The van der Waals surface area contributed by atoms with Crippen LogP contribution >= 0.6 is 11.3 Å². The van der Waals surface area contributed by atoms with Crippen molar-refractivity contribution in [2.24, 2.45) is 0 Å². The van der Waals surface area contributed by atoms with Crippen LogP contribution in [0, 0.1) is 0 Å². The Hall–Kier alpha value is -7.00. The topological polar surface area (TPSA) is 3.24 Å². The fourth-order valence-corrected chi connectivity index (χ4v) is 12.8. The maximum absolute atomic E-state index is 2.60. The lowest BCUT2D eigenvalue weighted by Crippen LogP contribution is -2.34. The Morgan fingerprint density at radius 3 is 1.71 bits per heavy atom. The Morgan fingerprint density at radius 1 is 0.400 bits per heavy atom. The third-order valence-electron chi connectivity index (χ3n) is 14.8. The molecule has 0 spiro atoms. The lowest BCUT2D eigenvalue weighted by Gasteiger charge is -2.43. The number of anilines is 3. The minimum absolute atomic E-state index is 0.0267. The molecule has 2 aliphatic rings. The molecule has 0 unspecified atom stereocenters. The van der Waals surface area contributed by atoms with Crippen molar-refractivity contribution in [3.8, 4) is 33.4 Å². The van der Waals surface area contributed by atoms with Crippen LogP contribution in [0.2, 0.25) is 0 Å². The molecule has 314 valence electrons. The summed E-state index contributed by atoms with van der Waals surface area (Å²) in [6, 6.07) is 79.9. The number of rotatable bonds is 7. The molecular weight excluding hydrogens is 803 g/mol. The summed E-state index contributed by atoms with van der Waals surface area (Å²) in [5.41, 5.74) is 18.6. The molecule has 0 saturated heterocycles. The van der Waals surface area contributed by atoms with Gasteiger partial charge < -0.3 is 4.90 Å². The van der Waals surface area contributed by atoms with Gasteiger partial charge in [0.05, 0.1) is 21.5 Å². The molecule has 0 atom stereocenters. The average molecular weight is 854 g/mol. The van der Waals surface area contributed by atoms with Gasteiger partial charge >= 0.3 is 0 Å². The summed E-state index contributed by atoms with van der Waals surface area (Å²) in [6.45, 7) is 9.84. The Morgan fingerprint density at radius 2 is 0.969 bits per heavy atom. The first-order valence-electron chi connectivity index (χ1n) is 23.1. The molecule has 1 aromatic heterocycles. The monoisotopic (exact) mass is 853 g/mol. The van der Waals surface area contributed by atoms with Crippen molar-refractivity contribution in [3.05, 3.63) is 246 Å². The average Bonchev–Trinajstić information content (AvgIpc) is 3.88. The highest BCUT2D eigenvalue weighted by atomic mass is 32.1. The second kappa shape index (κ2) is 15.0. The van der Waals surface area contributed by atoms with E-state index in [1.807, 2.05) is 11.3 Å². The molecular formula is C63H51NS. The minimum atomic E-state index is -0.564. The summed E-state index contributed by atoms with van der Waals surface area (Å²) in [7, 11) is 0. The maximum atomic E-state index is 2.60. The fraction of sp³-hybridized carbons (Fsp3) is 0.143. The quantitative estimate of drug-likeness (QED) is 0.154. The van der Waals surface area contributed by atoms with Crippen LogP contribution < -0.4 is 4.90 Å². The van der Waals surface area contributed by atoms with E-state index in [1.165, 1.54) is 98.3 Å². The van der Waals surface area contributed by atoms with Crippen molar-refractivity contribution in [3.63, 3.8) is 0 Å². The molecule has 0 amide bonds. The van der Waals surface area contributed by atoms with Crippen molar-refractivity contribution in [1.82, 2.24) is 0 Å². The second-order valence-electron chi connectivity index (χ2n) is 19.4. The van der Waals surface area contributed by atoms with E-state index in [-0.39, 0.29) is 10.8 Å². The van der Waals surface area contributed by atoms with Gasteiger partial charge in [0.1, 0.15) is 0 Å². The van der Waals surface area contributed by atoms with Crippen LogP contribution in [0.5, 0.6) is 0 Å². The van der Waals surface area contributed by atoms with Gasteiger partial charge in [0.15, 0.2) is 0 Å². The third kappa shape index (κ3) is 6.11. The Balaban J connectivity index is 1.24. The van der Waals surface area contributed by atoms with Crippen LogP contribution in [0.1, 0.15) is 73.9 Å². The highest BCUT2D eigenvalue weighted by molar-refractivity contribution is 7.26. The number of thiophene rings is 1. The first-order valence-corrected chi connectivity index (χ1v) is 24.0. The molecule has 0 radical (unpaired) electrons. The molecule has 0 aliphatic heterocycles. The van der Waals surface area contributed by atoms with E-state index in [0.29, 0.717) is 0 Å². The van der Waals surface area contributed by atoms with Gasteiger partial charge in [-0.25, -0.2) is 0 Å². The summed E-state index contributed by atoms with van der Waals surface area (Å²) < 4.78 is 2.58. The van der Waals surface area contributed by atoms with Gasteiger partial charge in [0.2, 0.25) is 0 Å². The van der Waals surface area contributed by atoms with E-state index >= 15 is 0 Å². The van der Waals surface area contributed by atoms with Gasteiger partial charge in [-0.05, 0) is 121 Å². The smallest absolute Gasteiger partial charge is 0.0714 e. The first-order chi connectivity index (χ1) is 31.7. The maximum Gasteiger partial charge on any atom is 0.0714 e. The van der Waals surface area contributed by atoms with E-state index in [2.05, 4.69) is 245 Å². The highest BCUT2D eigenvalue weighted by Gasteiger charge is 2.47. The van der Waals surface area contributed by atoms with Crippen LogP contribution in [-0.2, 0) is 16.2 Å². The summed E-state index contributed by atoms with van der Waals surface area (Å²) >= 11 is 1.90. The summed E-state index contributed by atoms with van der Waals surface area (Å²) in [4.78, 5) is 2.60. The van der Waals surface area contributed by atoms with Crippen molar-refractivity contribution < 1.29 is 0 Å². The molecule has 12 rings (SSSR count). The van der Waals surface area contributed by atoms with Crippen LogP contribution in [0.15, 0.2) is 212 Å². The van der Waals surface area contributed by atoms with E-state index in [4.69, 9.17) is 0 Å². The number of fused-ring (bicyclic) bond motifs is 7. The Bertz CT molecular complexity index is 3370. The zero-order chi connectivity index (χ0) is 43.9. The van der Waals surface area contributed by atoms with Gasteiger partial charge in [-0.3, -0.25) is 0 Å². The van der Waals surface area contributed by atoms with Gasteiger partial charge in [-0.2, -0.15) is 0 Å². The first kappa shape index (κ1) is 39.6. The number of nitrogens with zero attached hydrogens (tertiary/aromatic N) is 1. The predicted octanol–water partition coefficient (Wildman–Crippen LogP) is 17.6. The Kier molecular flexibility index (Phi) is 9.16. The molecule has 9 aromatic carbocycles. The molecule has 0 bridgehead atoms. The van der Waals surface area contributed by atoms with Gasteiger partial charge in [-0.1, -0.05) is 204 Å². The molecule has 1 heterocycles. The number of hydrogen-bond donors (Lipinski definition) is 0. The van der Waals surface area contributed by atoms with Gasteiger partial charge in [0, 0.05) is 26.7 Å². The van der Waals surface area contributed by atoms with Crippen LogP contribution in [0.3, 0.4) is 0 Å². The molecule has 65 heavy (non-hydrogen) atoms. The Labute approximate surface area is 387 Å².